The third-order valence-corrected chi connectivity index (χ3v) is 9.87. The van der Waals surface area contributed by atoms with Crippen LogP contribution in [0.4, 0.5) is 0 Å². The molecule has 4 saturated heterocycles. The van der Waals surface area contributed by atoms with Crippen molar-refractivity contribution in [2.24, 2.45) is 4.99 Å². The van der Waals surface area contributed by atoms with E-state index in [1.54, 1.807) is 0 Å². The van der Waals surface area contributed by atoms with Gasteiger partial charge >= 0.3 is 0 Å². The lowest BCUT2D eigenvalue weighted by Gasteiger charge is -2.50. The van der Waals surface area contributed by atoms with Crippen LogP contribution in [0.1, 0.15) is 27.7 Å². The van der Waals surface area contributed by atoms with Gasteiger partial charge in [0.1, 0.15) is 97.4 Å². The molecule has 0 spiro atoms. The highest BCUT2D eigenvalue weighted by molar-refractivity contribution is 5.74. The summed E-state index contributed by atoms with van der Waals surface area (Å²) in [7, 11) is 0. The zero-order valence-corrected chi connectivity index (χ0v) is 31.7. The van der Waals surface area contributed by atoms with Crippen molar-refractivity contribution in [1.29, 1.82) is 0 Å². The molecule has 4 fully saturated rings. The van der Waals surface area contributed by atoms with Crippen LogP contribution in [0.5, 0.6) is 0 Å². The van der Waals surface area contributed by atoms with Gasteiger partial charge in [0.05, 0.1) is 26.4 Å². The van der Waals surface area contributed by atoms with Gasteiger partial charge in [-0.25, -0.2) is 10.2 Å². The van der Waals surface area contributed by atoms with E-state index >= 15 is 0 Å². The molecule has 20 atom stereocenters. The zero-order valence-electron chi connectivity index (χ0n) is 31.7. The SMILES string of the molecule is CC(=O)N[C@H]1[C@H](O[C@H]2[C@H](O)[C@@H](N=C(C)OO)[C@H](O)O[C@@H]2CO)O[C@H](CO)[C@@H](O[C@@H]2O[C@H](CO)[C@@H](O[C@@H]3O[C@H](CO)[C@@H](O)[C@H](O)[C@H]3NC(C)=O)[C@H](O)[C@H]2NC(C)=O)[C@@H]1O. The second-order valence-corrected chi connectivity index (χ2v) is 14.1. The van der Waals surface area contributed by atoms with E-state index in [1.807, 2.05) is 0 Å². The Morgan fingerprint density at radius 3 is 1.22 bits per heavy atom. The average molecular weight is 847 g/mol. The Balaban J connectivity index is 1.61. The van der Waals surface area contributed by atoms with Gasteiger partial charge in [-0.2, -0.15) is 0 Å². The van der Waals surface area contributed by atoms with Crippen LogP contribution in [-0.2, 0) is 52.4 Å². The van der Waals surface area contributed by atoms with Gasteiger partial charge in [-0.15, -0.1) is 0 Å². The van der Waals surface area contributed by atoms with Crippen molar-refractivity contribution in [2.75, 3.05) is 26.4 Å². The van der Waals surface area contributed by atoms with Gasteiger partial charge in [0, 0.05) is 27.7 Å². The smallest absolute Gasteiger partial charge is 0.224 e. The fraction of sp³-hybridized carbons (Fsp3) is 0.875. The fourth-order valence-corrected chi connectivity index (χ4v) is 7.14. The molecule has 14 N–H and O–H groups in total. The summed E-state index contributed by atoms with van der Waals surface area (Å²) in [5.41, 5.74) is 0. The molecular formula is C32H54N4O22. The average Bonchev–Trinajstić information content (AvgIpc) is 3.17. The number of rotatable bonds is 14. The number of carbonyl (C=O) groups excluding carboxylic acids is 3. The molecule has 0 radical (unpaired) electrons. The van der Waals surface area contributed by atoms with E-state index in [4.69, 9.17) is 38.4 Å². The monoisotopic (exact) mass is 846 g/mol. The molecule has 0 aromatic heterocycles. The minimum atomic E-state index is -1.91. The minimum absolute atomic E-state index is 0.395. The number of amides is 3. The lowest BCUT2D eigenvalue weighted by atomic mass is 9.93. The molecule has 3 amide bonds. The second-order valence-electron chi connectivity index (χ2n) is 14.1. The molecule has 0 aromatic carbocycles. The van der Waals surface area contributed by atoms with Crippen LogP contribution in [0.3, 0.4) is 0 Å². The first kappa shape index (κ1) is 47.8. The van der Waals surface area contributed by atoms with Crippen molar-refractivity contribution in [3.05, 3.63) is 0 Å². The standard InChI is InChI=1S/C32H54N4O22/c1-9(41)33-18-22(45)21(44)13(5-37)52-30(18)56-27-15(7-39)54-32(20(24(27)47)35-11(3)43)57-28-16(8-40)53-31(19(25(28)48)34-10(2)42)55-26-14(6-38)51-29(49)17(23(26)46)36-12(4)58-50/h13-32,37-40,44-50H,5-8H2,1-4H3,(H,33,41)(H,34,42)(H,35,43)/t13-,14-,15-,16-,17-,18-,19-,20-,21-,22-,23-,24-,25-,26-,27-,28-,29-,30+,31+,32+/m1/s1. The van der Waals surface area contributed by atoms with Crippen LogP contribution in [0.25, 0.3) is 0 Å². The number of aliphatic hydroxyl groups is 10. The van der Waals surface area contributed by atoms with Gasteiger partial charge in [0.25, 0.3) is 0 Å². The van der Waals surface area contributed by atoms with Crippen molar-refractivity contribution in [3.63, 3.8) is 0 Å². The summed E-state index contributed by atoms with van der Waals surface area (Å²) in [6.45, 7) is 0.929. The predicted molar refractivity (Wildman–Crippen MR) is 183 cm³/mol. The third kappa shape index (κ3) is 10.9. The number of aliphatic imine (C=N–C) groups is 1. The van der Waals surface area contributed by atoms with E-state index in [9.17, 15) is 65.4 Å². The van der Waals surface area contributed by atoms with Crippen molar-refractivity contribution in [3.8, 4) is 0 Å². The molecule has 4 aliphatic heterocycles. The number of aliphatic hydroxyl groups excluding tert-OH is 10. The molecule has 4 heterocycles. The highest BCUT2D eigenvalue weighted by Crippen LogP contribution is 2.34. The number of nitrogens with zero attached hydrogens (tertiary/aromatic N) is 1. The van der Waals surface area contributed by atoms with Gasteiger partial charge in [-0.05, 0) is 0 Å². The van der Waals surface area contributed by atoms with Gasteiger partial charge < -0.3 is 105 Å². The van der Waals surface area contributed by atoms with Crippen LogP contribution in [0.15, 0.2) is 4.99 Å². The van der Waals surface area contributed by atoms with Crippen LogP contribution >= 0.6 is 0 Å². The molecule has 4 aliphatic rings. The van der Waals surface area contributed by atoms with Crippen molar-refractivity contribution in [1.82, 2.24) is 16.0 Å². The van der Waals surface area contributed by atoms with Crippen LogP contribution in [0.2, 0.25) is 0 Å². The first-order valence-electron chi connectivity index (χ1n) is 18.2. The van der Waals surface area contributed by atoms with E-state index < -0.39 is 173 Å². The summed E-state index contributed by atoms with van der Waals surface area (Å²) in [5.74, 6) is -2.59. The first-order chi connectivity index (χ1) is 27.4. The summed E-state index contributed by atoms with van der Waals surface area (Å²) >= 11 is 0. The molecule has 0 saturated carbocycles. The molecule has 58 heavy (non-hydrogen) atoms. The summed E-state index contributed by atoms with van der Waals surface area (Å²) < 4.78 is 40.6. The second kappa shape index (κ2) is 21.1. The molecule has 4 rings (SSSR count). The Morgan fingerprint density at radius 1 is 0.517 bits per heavy atom. The highest BCUT2D eigenvalue weighted by atomic mass is 17.1. The normalized spacial score (nSPS) is 43.6. The molecule has 26 nitrogen and oxygen atoms in total. The molecule has 0 bridgehead atoms. The van der Waals surface area contributed by atoms with Gasteiger partial charge in [-0.3, -0.25) is 14.4 Å². The first-order valence-corrected chi connectivity index (χ1v) is 18.2. The Morgan fingerprint density at radius 2 is 0.862 bits per heavy atom. The number of hydrogen-bond acceptors (Lipinski definition) is 23. The van der Waals surface area contributed by atoms with Crippen molar-refractivity contribution < 1.29 is 109 Å². The lowest BCUT2D eigenvalue weighted by molar-refractivity contribution is -0.361. The van der Waals surface area contributed by atoms with E-state index in [0.717, 1.165) is 20.8 Å². The van der Waals surface area contributed by atoms with Crippen LogP contribution < -0.4 is 16.0 Å². The van der Waals surface area contributed by atoms with E-state index in [2.05, 4.69) is 25.8 Å². The lowest BCUT2D eigenvalue weighted by Crippen LogP contribution is -2.71. The number of nitrogens with one attached hydrogen (secondary N) is 3. The molecule has 334 valence electrons. The Labute approximate surface area is 330 Å². The summed E-state index contributed by atoms with van der Waals surface area (Å²) in [5, 5.41) is 123. The summed E-state index contributed by atoms with van der Waals surface area (Å²) in [6.07, 6.45) is -27.1. The van der Waals surface area contributed by atoms with Gasteiger partial charge in [-0.1, -0.05) is 0 Å². The molecular weight excluding hydrogens is 792 g/mol. The van der Waals surface area contributed by atoms with Gasteiger partial charge in [0.15, 0.2) is 25.2 Å². The maximum atomic E-state index is 12.4. The maximum Gasteiger partial charge on any atom is 0.224 e. The summed E-state index contributed by atoms with van der Waals surface area (Å²) in [6, 6.07) is -6.26. The fourth-order valence-electron chi connectivity index (χ4n) is 7.14. The third-order valence-electron chi connectivity index (χ3n) is 9.87. The van der Waals surface area contributed by atoms with Crippen LogP contribution in [0, 0.1) is 0 Å². The maximum absolute atomic E-state index is 12.4. The highest BCUT2D eigenvalue weighted by Gasteiger charge is 2.56. The van der Waals surface area contributed by atoms with E-state index in [0.29, 0.717) is 0 Å². The zero-order chi connectivity index (χ0) is 43.2. The topological polar surface area (TPSA) is 396 Å². The van der Waals surface area contributed by atoms with E-state index in [1.165, 1.54) is 6.92 Å². The quantitative estimate of drug-likeness (QED) is 0.0334. The molecule has 0 aromatic rings. The number of hydrogen-bond donors (Lipinski definition) is 14. The Kier molecular flexibility index (Phi) is 17.4. The largest absolute Gasteiger partial charge is 0.394 e. The number of carbonyl (C=O) groups is 3. The van der Waals surface area contributed by atoms with Crippen LogP contribution in [-0.4, -0.2) is 229 Å². The predicted octanol–water partition coefficient (Wildman–Crippen LogP) is -8.40. The van der Waals surface area contributed by atoms with E-state index in [-0.39, 0.29) is 0 Å². The summed E-state index contributed by atoms with van der Waals surface area (Å²) in [4.78, 5) is 44.6. The van der Waals surface area contributed by atoms with Crippen molar-refractivity contribution in [2.45, 2.75) is 150 Å². The molecule has 0 unspecified atom stereocenters. The molecule has 0 aliphatic carbocycles. The minimum Gasteiger partial charge on any atom is -0.394 e. The Hall–Kier alpha value is -2.84. The van der Waals surface area contributed by atoms with Gasteiger partial charge in [0.2, 0.25) is 23.6 Å². The molecule has 26 heteroatoms. The number of ether oxygens (including phenoxy) is 7. The van der Waals surface area contributed by atoms with Crippen molar-refractivity contribution >= 4 is 23.6 Å². The Bertz CT molecular complexity index is 1400.